The molecule has 0 unspecified atom stereocenters. The SMILES string of the molecule is COc1ccc2c(c1)cc(C(=O)NCC(=O)Nc1nc3ccccc3[nH]1)n2C. The maximum absolute atomic E-state index is 12.5. The van der Waals surface area contributed by atoms with Gasteiger partial charge in [-0.2, -0.15) is 0 Å². The van der Waals surface area contributed by atoms with Crippen molar-refractivity contribution in [1.29, 1.82) is 0 Å². The number of fused-ring (bicyclic) bond motifs is 2. The van der Waals surface area contributed by atoms with Crippen LogP contribution in [0.4, 0.5) is 5.95 Å². The van der Waals surface area contributed by atoms with E-state index in [4.69, 9.17) is 4.74 Å². The second-order valence-corrected chi connectivity index (χ2v) is 6.35. The minimum absolute atomic E-state index is 0.166. The standard InChI is InChI=1S/C20H19N5O3/c1-25-16-8-7-13(28-2)9-12(16)10-17(25)19(27)21-11-18(26)24-20-22-14-5-3-4-6-15(14)23-20/h3-10H,11H2,1-2H3,(H,21,27)(H2,22,23,24,26). The Bertz CT molecular complexity index is 1160. The molecule has 28 heavy (non-hydrogen) atoms. The van der Waals surface area contributed by atoms with Crippen molar-refractivity contribution in [2.75, 3.05) is 19.0 Å². The Morgan fingerprint density at radius 3 is 2.79 bits per heavy atom. The molecule has 8 nitrogen and oxygen atoms in total. The van der Waals surface area contributed by atoms with Crippen molar-refractivity contribution in [2.24, 2.45) is 7.05 Å². The second kappa shape index (κ2) is 7.07. The number of amides is 2. The van der Waals surface area contributed by atoms with Crippen LogP contribution in [0.1, 0.15) is 10.5 Å². The molecule has 2 aromatic heterocycles. The fourth-order valence-electron chi connectivity index (χ4n) is 3.11. The molecule has 0 atom stereocenters. The minimum atomic E-state index is -0.368. The summed E-state index contributed by atoms with van der Waals surface area (Å²) in [7, 11) is 3.40. The number of benzene rings is 2. The highest BCUT2D eigenvalue weighted by Crippen LogP contribution is 2.23. The van der Waals surface area contributed by atoms with Crippen LogP contribution in [0.3, 0.4) is 0 Å². The molecule has 0 fully saturated rings. The van der Waals surface area contributed by atoms with E-state index in [0.717, 1.165) is 27.7 Å². The normalized spacial score (nSPS) is 10.9. The Kier molecular flexibility index (Phi) is 4.44. The Labute approximate surface area is 160 Å². The molecule has 0 saturated heterocycles. The van der Waals surface area contributed by atoms with E-state index in [-0.39, 0.29) is 18.4 Å². The molecule has 0 aliphatic carbocycles. The molecule has 0 aliphatic rings. The smallest absolute Gasteiger partial charge is 0.268 e. The fourth-order valence-corrected chi connectivity index (χ4v) is 3.11. The van der Waals surface area contributed by atoms with Gasteiger partial charge in [-0.05, 0) is 36.4 Å². The lowest BCUT2D eigenvalue weighted by molar-refractivity contribution is -0.115. The highest BCUT2D eigenvalue weighted by molar-refractivity contribution is 6.01. The molecule has 2 aromatic carbocycles. The summed E-state index contributed by atoms with van der Waals surface area (Å²) < 4.78 is 7.00. The Balaban J connectivity index is 1.42. The monoisotopic (exact) mass is 377 g/mol. The van der Waals surface area contributed by atoms with Crippen LogP contribution in [-0.4, -0.2) is 40.0 Å². The van der Waals surface area contributed by atoms with Crippen molar-refractivity contribution in [3.05, 3.63) is 54.2 Å². The van der Waals surface area contributed by atoms with Gasteiger partial charge in [-0.25, -0.2) is 4.98 Å². The average molecular weight is 377 g/mol. The van der Waals surface area contributed by atoms with Crippen LogP contribution in [0, 0.1) is 0 Å². The number of imidazole rings is 1. The summed E-state index contributed by atoms with van der Waals surface area (Å²) in [4.78, 5) is 32.0. The van der Waals surface area contributed by atoms with E-state index in [1.54, 1.807) is 24.8 Å². The van der Waals surface area contributed by atoms with Gasteiger partial charge < -0.3 is 19.6 Å². The lowest BCUT2D eigenvalue weighted by atomic mass is 10.2. The number of carbonyl (C=O) groups excluding carboxylic acids is 2. The third-order valence-corrected chi connectivity index (χ3v) is 4.54. The first-order valence-electron chi connectivity index (χ1n) is 8.71. The zero-order valence-corrected chi connectivity index (χ0v) is 15.4. The number of hydrogen-bond acceptors (Lipinski definition) is 4. The predicted octanol–water partition coefficient (Wildman–Crippen LogP) is 2.43. The number of para-hydroxylation sites is 2. The molecule has 4 aromatic rings. The van der Waals surface area contributed by atoms with Crippen LogP contribution in [0.5, 0.6) is 5.75 Å². The number of aromatic nitrogens is 3. The van der Waals surface area contributed by atoms with Crippen molar-refractivity contribution in [2.45, 2.75) is 0 Å². The number of aromatic amines is 1. The van der Waals surface area contributed by atoms with Crippen LogP contribution in [-0.2, 0) is 11.8 Å². The summed E-state index contributed by atoms with van der Waals surface area (Å²) >= 11 is 0. The molecule has 4 rings (SSSR count). The van der Waals surface area contributed by atoms with E-state index >= 15 is 0 Å². The van der Waals surface area contributed by atoms with Gasteiger partial charge in [-0.15, -0.1) is 0 Å². The molecule has 0 aliphatic heterocycles. The molecule has 0 radical (unpaired) electrons. The minimum Gasteiger partial charge on any atom is -0.497 e. The number of nitrogens with zero attached hydrogens (tertiary/aromatic N) is 2. The number of methoxy groups -OCH3 is 1. The number of carbonyl (C=O) groups is 2. The largest absolute Gasteiger partial charge is 0.497 e. The quantitative estimate of drug-likeness (QED) is 0.497. The van der Waals surface area contributed by atoms with E-state index < -0.39 is 0 Å². The third-order valence-electron chi connectivity index (χ3n) is 4.54. The summed E-state index contributed by atoms with van der Waals surface area (Å²) in [6.45, 7) is -0.166. The van der Waals surface area contributed by atoms with E-state index in [1.807, 2.05) is 42.5 Å². The molecule has 2 heterocycles. The van der Waals surface area contributed by atoms with Gasteiger partial charge in [-0.1, -0.05) is 12.1 Å². The number of ether oxygens (including phenoxy) is 1. The van der Waals surface area contributed by atoms with E-state index in [1.165, 1.54) is 0 Å². The van der Waals surface area contributed by atoms with E-state index in [2.05, 4.69) is 20.6 Å². The van der Waals surface area contributed by atoms with Gasteiger partial charge in [0.15, 0.2) is 0 Å². The summed E-state index contributed by atoms with van der Waals surface area (Å²) in [6.07, 6.45) is 0. The topological polar surface area (TPSA) is 101 Å². The number of aryl methyl sites for hydroxylation is 1. The zero-order chi connectivity index (χ0) is 19.7. The molecule has 3 N–H and O–H groups in total. The average Bonchev–Trinajstić information content (AvgIpc) is 3.26. The first-order chi connectivity index (χ1) is 13.5. The van der Waals surface area contributed by atoms with Gasteiger partial charge in [0.05, 0.1) is 24.7 Å². The fraction of sp³-hybridized carbons (Fsp3) is 0.150. The molecular weight excluding hydrogens is 358 g/mol. The second-order valence-electron chi connectivity index (χ2n) is 6.35. The zero-order valence-electron chi connectivity index (χ0n) is 15.4. The van der Waals surface area contributed by atoms with Crippen molar-refractivity contribution < 1.29 is 14.3 Å². The molecule has 142 valence electrons. The van der Waals surface area contributed by atoms with Crippen LogP contribution >= 0.6 is 0 Å². The third kappa shape index (κ3) is 3.27. The lowest BCUT2D eigenvalue weighted by Crippen LogP contribution is -2.33. The number of nitrogens with one attached hydrogen (secondary N) is 3. The number of hydrogen-bond donors (Lipinski definition) is 3. The lowest BCUT2D eigenvalue weighted by Gasteiger charge is -2.06. The number of rotatable bonds is 5. The Morgan fingerprint density at radius 1 is 1.18 bits per heavy atom. The summed E-state index contributed by atoms with van der Waals surface area (Å²) in [5, 5.41) is 6.18. The van der Waals surface area contributed by atoms with Crippen LogP contribution in [0.15, 0.2) is 48.5 Å². The van der Waals surface area contributed by atoms with Crippen molar-refractivity contribution in [1.82, 2.24) is 19.9 Å². The van der Waals surface area contributed by atoms with E-state index in [0.29, 0.717) is 11.6 Å². The summed E-state index contributed by atoms with van der Waals surface area (Å²) in [6, 6.07) is 14.8. The van der Waals surface area contributed by atoms with Crippen LogP contribution in [0.2, 0.25) is 0 Å². The molecular formula is C20H19N5O3. The van der Waals surface area contributed by atoms with Gasteiger partial charge in [0.25, 0.3) is 5.91 Å². The molecule has 2 amide bonds. The first-order valence-corrected chi connectivity index (χ1v) is 8.71. The van der Waals surface area contributed by atoms with Gasteiger partial charge >= 0.3 is 0 Å². The van der Waals surface area contributed by atoms with Crippen LogP contribution < -0.4 is 15.4 Å². The van der Waals surface area contributed by atoms with Gasteiger partial charge in [0.2, 0.25) is 11.9 Å². The maximum Gasteiger partial charge on any atom is 0.268 e. The summed E-state index contributed by atoms with van der Waals surface area (Å²) in [5.74, 6) is 0.359. The molecule has 0 spiro atoms. The number of anilines is 1. The Morgan fingerprint density at radius 2 is 2.00 bits per heavy atom. The first kappa shape index (κ1) is 17.6. The van der Waals surface area contributed by atoms with Crippen molar-refractivity contribution in [3.63, 3.8) is 0 Å². The number of H-pyrrole nitrogens is 1. The predicted molar refractivity (Wildman–Crippen MR) is 107 cm³/mol. The summed E-state index contributed by atoms with van der Waals surface area (Å²) in [5.41, 5.74) is 2.94. The Hall–Kier alpha value is -3.81. The van der Waals surface area contributed by atoms with Gasteiger partial charge in [0, 0.05) is 18.0 Å². The van der Waals surface area contributed by atoms with Crippen molar-refractivity contribution in [3.8, 4) is 5.75 Å². The van der Waals surface area contributed by atoms with Crippen LogP contribution in [0.25, 0.3) is 21.9 Å². The highest BCUT2D eigenvalue weighted by Gasteiger charge is 2.15. The highest BCUT2D eigenvalue weighted by atomic mass is 16.5. The van der Waals surface area contributed by atoms with E-state index in [9.17, 15) is 9.59 Å². The molecule has 0 saturated carbocycles. The van der Waals surface area contributed by atoms with Gasteiger partial charge in [0.1, 0.15) is 11.4 Å². The molecule has 0 bridgehead atoms. The van der Waals surface area contributed by atoms with Crippen molar-refractivity contribution >= 4 is 39.7 Å². The van der Waals surface area contributed by atoms with Gasteiger partial charge in [-0.3, -0.25) is 14.9 Å². The maximum atomic E-state index is 12.5. The molecule has 8 heteroatoms.